The van der Waals surface area contributed by atoms with Crippen molar-refractivity contribution in [2.24, 2.45) is 5.92 Å². The third-order valence-corrected chi connectivity index (χ3v) is 5.30. The Morgan fingerprint density at radius 3 is 2.54 bits per heavy atom. The van der Waals surface area contributed by atoms with Gasteiger partial charge in [-0.15, -0.1) is 0 Å². The molecule has 0 aromatic carbocycles. The van der Waals surface area contributed by atoms with Crippen molar-refractivity contribution < 1.29 is 4.79 Å². The first kappa shape index (κ1) is 15.4. The van der Waals surface area contributed by atoms with Crippen LogP contribution in [0.25, 0.3) is 0 Å². The van der Waals surface area contributed by atoms with Crippen LogP contribution >= 0.6 is 0 Å². The van der Waals surface area contributed by atoms with Crippen molar-refractivity contribution in [3.05, 3.63) is 47.8 Å². The van der Waals surface area contributed by atoms with E-state index in [-0.39, 0.29) is 5.91 Å². The molecule has 2 aromatic heterocycles. The van der Waals surface area contributed by atoms with Gasteiger partial charge in [0.25, 0.3) is 5.91 Å². The van der Waals surface area contributed by atoms with Gasteiger partial charge in [-0.1, -0.05) is 0 Å². The SMILES string of the molecule is Cc1cnc(C2CC2)n1CC1CCN(C(=O)c2ccncc2)CC1. The zero-order chi connectivity index (χ0) is 16.5. The van der Waals surface area contributed by atoms with E-state index in [0.717, 1.165) is 38.0 Å². The molecule has 1 saturated carbocycles. The summed E-state index contributed by atoms with van der Waals surface area (Å²) >= 11 is 0. The molecule has 5 heteroatoms. The van der Waals surface area contributed by atoms with Gasteiger partial charge in [-0.25, -0.2) is 4.98 Å². The Morgan fingerprint density at radius 2 is 1.88 bits per heavy atom. The lowest BCUT2D eigenvalue weighted by Crippen LogP contribution is -2.39. The summed E-state index contributed by atoms with van der Waals surface area (Å²) < 4.78 is 2.42. The van der Waals surface area contributed by atoms with Crippen LogP contribution in [0.5, 0.6) is 0 Å². The molecule has 4 rings (SSSR count). The highest BCUT2D eigenvalue weighted by Gasteiger charge is 2.30. The van der Waals surface area contributed by atoms with Gasteiger partial charge in [-0.3, -0.25) is 9.78 Å². The molecule has 0 spiro atoms. The number of hydrogen-bond donors (Lipinski definition) is 0. The Labute approximate surface area is 142 Å². The monoisotopic (exact) mass is 324 g/mol. The van der Waals surface area contributed by atoms with E-state index < -0.39 is 0 Å². The highest BCUT2D eigenvalue weighted by Crippen LogP contribution is 2.40. The van der Waals surface area contributed by atoms with Crippen molar-refractivity contribution in [2.45, 2.75) is 45.1 Å². The molecule has 1 amide bonds. The van der Waals surface area contributed by atoms with Crippen molar-refractivity contribution in [3.63, 3.8) is 0 Å². The third kappa shape index (κ3) is 3.07. The molecule has 2 aliphatic rings. The van der Waals surface area contributed by atoms with Gasteiger partial charge in [-0.05, 0) is 50.7 Å². The molecule has 1 aliphatic carbocycles. The maximum absolute atomic E-state index is 12.5. The number of nitrogens with zero attached hydrogens (tertiary/aromatic N) is 4. The summed E-state index contributed by atoms with van der Waals surface area (Å²) in [5.41, 5.74) is 2.01. The van der Waals surface area contributed by atoms with Crippen molar-refractivity contribution in [3.8, 4) is 0 Å². The molecule has 5 nitrogen and oxygen atoms in total. The fraction of sp³-hybridized carbons (Fsp3) is 0.526. The van der Waals surface area contributed by atoms with E-state index in [1.165, 1.54) is 24.4 Å². The lowest BCUT2D eigenvalue weighted by molar-refractivity contribution is 0.0682. The summed E-state index contributed by atoms with van der Waals surface area (Å²) in [7, 11) is 0. The fourth-order valence-electron chi connectivity index (χ4n) is 3.64. The highest BCUT2D eigenvalue weighted by molar-refractivity contribution is 5.94. The Morgan fingerprint density at radius 1 is 1.17 bits per heavy atom. The first-order valence-corrected chi connectivity index (χ1v) is 8.93. The van der Waals surface area contributed by atoms with Crippen LogP contribution in [0.4, 0.5) is 0 Å². The summed E-state index contributed by atoms with van der Waals surface area (Å²) in [5.74, 6) is 2.74. The van der Waals surface area contributed by atoms with Gasteiger partial charge in [0.15, 0.2) is 0 Å². The van der Waals surface area contributed by atoms with Gasteiger partial charge in [0.1, 0.15) is 5.82 Å². The Kier molecular flexibility index (Phi) is 4.08. The largest absolute Gasteiger partial charge is 0.339 e. The molecule has 126 valence electrons. The topological polar surface area (TPSA) is 51.0 Å². The van der Waals surface area contributed by atoms with Gasteiger partial charge in [0, 0.05) is 55.4 Å². The number of aryl methyl sites for hydroxylation is 1. The summed E-state index contributed by atoms with van der Waals surface area (Å²) in [6.45, 7) is 4.90. The van der Waals surface area contributed by atoms with E-state index in [2.05, 4.69) is 21.5 Å². The first-order valence-electron chi connectivity index (χ1n) is 8.93. The van der Waals surface area contributed by atoms with E-state index in [4.69, 9.17) is 0 Å². The van der Waals surface area contributed by atoms with Crippen LogP contribution in [-0.4, -0.2) is 38.4 Å². The summed E-state index contributed by atoms with van der Waals surface area (Å²) in [4.78, 5) is 23.1. The second-order valence-corrected chi connectivity index (χ2v) is 7.11. The van der Waals surface area contributed by atoms with Crippen LogP contribution in [0, 0.1) is 12.8 Å². The van der Waals surface area contributed by atoms with E-state index in [1.54, 1.807) is 24.5 Å². The number of carbonyl (C=O) groups excluding carboxylic acids is 1. The quantitative estimate of drug-likeness (QED) is 0.868. The van der Waals surface area contributed by atoms with Gasteiger partial charge in [0.05, 0.1) is 0 Å². The number of rotatable bonds is 4. The minimum atomic E-state index is 0.133. The molecular weight excluding hydrogens is 300 g/mol. The molecule has 0 N–H and O–H groups in total. The zero-order valence-electron chi connectivity index (χ0n) is 14.2. The molecule has 0 radical (unpaired) electrons. The zero-order valence-corrected chi connectivity index (χ0v) is 14.2. The number of piperidine rings is 1. The number of hydrogen-bond acceptors (Lipinski definition) is 3. The summed E-state index contributed by atoms with van der Waals surface area (Å²) in [6, 6.07) is 3.59. The molecule has 1 saturated heterocycles. The lowest BCUT2D eigenvalue weighted by atomic mass is 9.96. The summed E-state index contributed by atoms with van der Waals surface area (Å²) in [6.07, 6.45) is 10.1. The molecule has 2 fully saturated rings. The van der Waals surface area contributed by atoms with Crippen LogP contribution in [0.2, 0.25) is 0 Å². The number of pyridine rings is 1. The van der Waals surface area contributed by atoms with Gasteiger partial charge < -0.3 is 9.47 Å². The third-order valence-electron chi connectivity index (χ3n) is 5.30. The second kappa shape index (κ2) is 6.38. The molecule has 2 aromatic rings. The smallest absolute Gasteiger partial charge is 0.253 e. The van der Waals surface area contributed by atoms with E-state index in [0.29, 0.717) is 11.8 Å². The molecule has 1 aliphatic heterocycles. The predicted octanol–water partition coefficient (Wildman–Crippen LogP) is 3.02. The van der Waals surface area contributed by atoms with Crippen LogP contribution < -0.4 is 0 Å². The van der Waals surface area contributed by atoms with Gasteiger partial charge >= 0.3 is 0 Å². The van der Waals surface area contributed by atoms with E-state index in [9.17, 15) is 4.79 Å². The molecule has 0 bridgehead atoms. The van der Waals surface area contributed by atoms with Crippen LogP contribution in [0.1, 0.15) is 53.5 Å². The average Bonchev–Trinajstić information content (AvgIpc) is 3.41. The number of carbonyl (C=O) groups is 1. The van der Waals surface area contributed by atoms with E-state index >= 15 is 0 Å². The van der Waals surface area contributed by atoms with Gasteiger partial charge in [0.2, 0.25) is 0 Å². The van der Waals surface area contributed by atoms with Crippen LogP contribution in [0.15, 0.2) is 30.7 Å². The normalized spacial score (nSPS) is 18.8. The van der Waals surface area contributed by atoms with Crippen LogP contribution in [0.3, 0.4) is 0 Å². The maximum atomic E-state index is 12.5. The number of aromatic nitrogens is 3. The Balaban J connectivity index is 1.37. The number of likely N-dealkylation sites (tertiary alicyclic amines) is 1. The Bertz CT molecular complexity index is 712. The van der Waals surface area contributed by atoms with Crippen molar-refractivity contribution in [1.29, 1.82) is 0 Å². The molecule has 24 heavy (non-hydrogen) atoms. The molecular formula is C19H24N4O. The van der Waals surface area contributed by atoms with Crippen molar-refractivity contribution in [2.75, 3.05) is 13.1 Å². The predicted molar refractivity (Wildman–Crippen MR) is 91.8 cm³/mol. The first-order chi connectivity index (χ1) is 11.7. The highest BCUT2D eigenvalue weighted by atomic mass is 16.2. The maximum Gasteiger partial charge on any atom is 0.253 e. The molecule has 0 unspecified atom stereocenters. The fourth-order valence-corrected chi connectivity index (χ4v) is 3.64. The van der Waals surface area contributed by atoms with E-state index in [1.807, 2.05) is 11.1 Å². The second-order valence-electron chi connectivity index (χ2n) is 7.11. The van der Waals surface area contributed by atoms with Crippen LogP contribution in [-0.2, 0) is 6.54 Å². The minimum Gasteiger partial charge on any atom is -0.339 e. The Hall–Kier alpha value is -2.17. The molecule has 3 heterocycles. The standard InChI is InChI=1S/C19H24N4O/c1-14-12-21-18(16-2-3-16)23(14)13-15-6-10-22(11-7-15)19(24)17-4-8-20-9-5-17/h4-5,8-9,12,15-16H,2-3,6-7,10-11,13H2,1H3. The van der Waals surface area contributed by atoms with Gasteiger partial charge in [-0.2, -0.15) is 0 Å². The molecule has 0 atom stereocenters. The average molecular weight is 324 g/mol. The summed E-state index contributed by atoms with van der Waals surface area (Å²) in [5, 5.41) is 0. The van der Waals surface area contributed by atoms with Crippen molar-refractivity contribution in [1.82, 2.24) is 19.4 Å². The minimum absolute atomic E-state index is 0.133. The number of amides is 1. The lowest BCUT2D eigenvalue weighted by Gasteiger charge is -2.32. The number of imidazole rings is 1. The van der Waals surface area contributed by atoms with Crippen molar-refractivity contribution >= 4 is 5.91 Å².